The minimum absolute atomic E-state index is 0.00190. The Hall–Kier alpha value is -3.33. The summed E-state index contributed by atoms with van der Waals surface area (Å²) in [4.78, 5) is 16.8. The first-order chi connectivity index (χ1) is 29.2. The molecule has 1 amide bonds. The van der Waals surface area contributed by atoms with Crippen LogP contribution >= 0.6 is 46.2 Å². The number of nitrogens with one attached hydrogen (secondary N) is 2. The van der Waals surface area contributed by atoms with Gasteiger partial charge in [-0.1, -0.05) is 61.4 Å². The Morgan fingerprint density at radius 1 is 0.935 bits per heavy atom. The number of hydrogen-bond acceptors (Lipinski definition) is 10. The summed E-state index contributed by atoms with van der Waals surface area (Å²) < 4.78 is 98.7. The molecular weight excluding hydrogens is 994 g/mol. The summed E-state index contributed by atoms with van der Waals surface area (Å²) in [6.45, 7) is 9.15. The first-order valence-electron chi connectivity index (χ1n) is 20.1. The van der Waals surface area contributed by atoms with Gasteiger partial charge < -0.3 is 10.2 Å². The molecule has 0 saturated carbocycles. The lowest BCUT2D eigenvalue weighted by atomic mass is 9.73. The fourth-order valence-electron chi connectivity index (χ4n) is 7.66. The molecule has 1 atom stereocenters. The fourth-order valence-corrected chi connectivity index (χ4v) is 11.1. The molecule has 0 unspecified atom stereocenters. The van der Waals surface area contributed by atoms with Crippen LogP contribution in [0.4, 0.5) is 24.5 Å². The van der Waals surface area contributed by atoms with Crippen molar-refractivity contribution in [3.63, 3.8) is 0 Å². The van der Waals surface area contributed by atoms with Gasteiger partial charge in [0, 0.05) is 95.1 Å². The summed E-state index contributed by atoms with van der Waals surface area (Å²) in [7, 11) is -9.04. The van der Waals surface area contributed by atoms with E-state index in [0.717, 1.165) is 74.7 Å². The van der Waals surface area contributed by atoms with E-state index in [9.17, 15) is 34.8 Å². The van der Waals surface area contributed by atoms with Gasteiger partial charge in [-0.25, -0.2) is 21.6 Å². The lowest BCUT2D eigenvalue weighted by Gasteiger charge is -2.39. The Kier molecular flexibility index (Phi) is 15.7. The standard InChI is InChI=1S/C44H50ClF3IN5O5S3/c1-43(2)21-19-39(31-9-13-34(45)14-10-31)33(28-43)29-53-23-25-54(26-24-53)36-15-11-32(12-16-36)42(55)51-62(58,59)38-17-18-40(41(27-38)61(56,57)44(46,47)48)50-35(20-22-52(3)49)30-60-37-7-5-4-6-8-37/h4-18,27,35,50H,19-26,28-30H2,1-3H3,(H,51,55)/t35-/m1/s1. The van der Waals surface area contributed by atoms with Crippen LogP contribution in [-0.2, 0) is 19.9 Å². The second-order valence-electron chi connectivity index (χ2n) is 16.4. The molecule has 18 heteroatoms. The van der Waals surface area contributed by atoms with Crippen LogP contribution in [0.3, 0.4) is 0 Å². The second-order valence-corrected chi connectivity index (χ2v) is 23.1. The van der Waals surface area contributed by atoms with Gasteiger partial charge in [-0.2, -0.15) is 13.2 Å². The molecule has 334 valence electrons. The molecule has 1 fully saturated rings. The van der Waals surface area contributed by atoms with E-state index >= 15 is 0 Å². The molecule has 4 aromatic rings. The van der Waals surface area contributed by atoms with Crippen LogP contribution in [0.5, 0.6) is 0 Å². The van der Waals surface area contributed by atoms with Gasteiger partial charge in [0.15, 0.2) is 0 Å². The lowest BCUT2D eigenvalue weighted by molar-refractivity contribution is -0.0435. The molecule has 1 aliphatic heterocycles. The number of sulfone groups is 1. The zero-order valence-electron chi connectivity index (χ0n) is 34.6. The summed E-state index contributed by atoms with van der Waals surface area (Å²) in [5.41, 5.74) is -1.01. The van der Waals surface area contributed by atoms with Gasteiger partial charge >= 0.3 is 5.51 Å². The largest absolute Gasteiger partial charge is 0.501 e. The molecule has 62 heavy (non-hydrogen) atoms. The van der Waals surface area contributed by atoms with Crippen LogP contribution in [0.25, 0.3) is 5.57 Å². The molecule has 2 aliphatic rings. The molecule has 4 aromatic carbocycles. The number of benzene rings is 4. The maximum absolute atomic E-state index is 14.1. The van der Waals surface area contributed by atoms with Crippen molar-refractivity contribution in [2.45, 2.75) is 65.8 Å². The van der Waals surface area contributed by atoms with E-state index in [1.165, 1.54) is 40.6 Å². The third-order valence-electron chi connectivity index (χ3n) is 11.1. The van der Waals surface area contributed by atoms with Crippen LogP contribution in [0.15, 0.2) is 117 Å². The highest BCUT2D eigenvalue weighted by Crippen LogP contribution is 2.43. The molecule has 0 radical (unpaired) electrons. The molecule has 10 nitrogen and oxygen atoms in total. The number of allylic oxidation sites excluding steroid dienone is 1. The first kappa shape index (κ1) is 48.1. The molecule has 0 bridgehead atoms. The summed E-state index contributed by atoms with van der Waals surface area (Å²) in [6, 6.07) is 25.7. The lowest BCUT2D eigenvalue weighted by Crippen LogP contribution is -2.47. The number of thioether (sulfide) groups is 1. The predicted molar refractivity (Wildman–Crippen MR) is 251 cm³/mol. The molecule has 1 aliphatic carbocycles. The maximum atomic E-state index is 14.1. The number of halogens is 5. The van der Waals surface area contributed by atoms with Crippen molar-refractivity contribution in [3.05, 3.63) is 119 Å². The number of carbonyl (C=O) groups is 1. The molecule has 1 saturated heterocycles. The van der Waals surface area contributed by atoms with Gasteiger partial charge in [-0.3, -0.25) is 12.8 Å². The Labute approximate surface area is 386 Å². The second kappa shape index (κ2) is 20.2. The number of alkyl halides is 3. The van der Waals surface area contributed by atoms with Gasteiger partial charge in [0.25, 0.3) is 25.8 Å². The average molecular weight is 1040 g/mol. The third-order valence-corrected chi connectivity index (χ3v) is 15.8. The topological polar surface area (TPSA) is 119 Å². The number of rotatable bonds is 16. The van der Waals surface area contributed by atoms with E-state index in [-0.39, 0.29) is 11.0 Å². The van der Waals surface area contributed by atoms with Gasteiger partial charge in [-0.15, -0.1) is 11.8 Å². The molecule has 1 heterocycles. The maximum Gasteiger partial charge on any atom is 0.501 e. The van der Waals surface area contributed by atoms with Crippen LogP contribution in [0.2, 0.25) is 5.02 Å². The Balaban J connectivity index is 1.12. The van der Waals surface area contributed by atoms with Crippen molar-refractivity contribution in [1.29, 1.82) is 0 Å². The van der Waals surface area contributed by atoms with Crippen molar-refractivity contribution >= 4 is 88.9 Å². The predicted octanol–water partition coefficient (Wildman–Crippen LogP) is 9.78. The van der Waals surface area contributed by atoms with E-state index < -0.39 is 52.8 Å². The molecule has 2 N–H and O–H groups in total. The summed E-state index contributed by atoms with van der Waals surface area (Å²) in [5.74, 6) is -0.653. The zero-order chi connectivity index (χ0) is 44.9. The van der Waals surface area contributed by atoms with E-state index in [1.807, 2.05) is 57.3 Å². The van der Waals surface area contributed by atoms with Gasteiger partial charge in [0.2, 0.25) is 0 Å². The molecule has 0 aromatic heterocycles. The zero-order valence-corrected chi connectivity index (χ0v) is 40.0. The smallest absolute Gasteiger partial charge is 0.380 e. The third kappa shape index (κ3) is 12.5. The van der Waals surface area contributed by atoms with Crippen LogP contribution in [-0.4, -0.2) is 94.4 Å². The highest BCUT2D eigenvalue weighted by molar-refractivity contribution is 14.1. The van der Waals surface area contributed by atoms with Crippen molar-refractivity contribution in [2.24, 2.45) is 5.41 Å². The normalized spacial score (nSPS) is 17.0. The van der Waals surface area contributed by atoms with Gasteiger partial charge in [-0.05, 0) is 116 Å². The van der Waals surface area contributed by atoms with Gasteiger partial charge in [0.1, 0.15) is 4.90 Å². The molecule has 6 rings (SSSR count). The van der Waals surface area contributed by atoms with Crippen molar-refractivity contribution in [3.8, 4) is 0 Å². The Bertz CT molecular complexity index is 2450. The van der Waals surface area contributed by atoms with Crippen LogP contribution in [0, 0.1) is 5.41 Å². The van der Waals surface area contributed by atoms with E-state index in [4.69, 9.17) is 11.6 Å². The van der Waals surface area contributed by atoms with Crippen LogP contribution < -0.4 is 14.9 Å². The monoisotopic (exact) mass is 1040 g/mol. The minimum Gasteiger partial charge on any atom is -0.380 e. The number of hydrogen-bond donors (Lipinski definition) is 2. The quantitative estimate of drug-likeness (QED) is 0.0638. The SMILES string of the molecule is CN(I)CC[C@H](CSc1ccccc1)Nc1ccc(S(=O)(=O)NC(=O)c2ccc(N3CCN(CC4=C(c5ccc(Cl)cc5)CCC(C)(C)C4)CC3)cc2)cc1S(=O)(=O)C(F)(F)F. The number of amides is 1. The van der Waals surface area contributed by atoms with E-state index in [2.05, 4.69) is 64.0 Å². The molecule has 0 spiro atoms. The Morgan fingerprint density at radius 2 is 1.60 bits per heavy atom. The molecular formula is C44H50ClF3IN5O5S3. The number of carbonyl (C=O) groups excluding carboxylic acids is 1. The minimum atomic E-state index is -6.03. The van der Waals surface area contributed by atoms with Crippen molar-refractivity contribution in [2.75, 3.05) is 62.3 Å². The van der Waals surface area contributed by atoms with Crippen LogP contribution in [0.1, 0.15) is 55.5 Å². The van der Waals surface area contributed by atoms with Gasteiger partial charge in [0.05, 0.1) is 10.6 Å². The van der Waals surface area contributed by atoms with Crippen molar-refractivity contribution in [1.82, 2.24) is 12.7 Å². The summed E-state index contributed by atoms with van der Waals surface area (Å²) in [5, 5.41) is 3.65. The number of anilines is 2. The average Bonchev–Trinajstić information content (AvgIpc) is 3.22. The van der Waals surface area contributed by atoms with E-state index in [1.54, 1.807) is 12.1 Å². The number of piperazine rings is 1. The number of sulfonamides is 1. The number of nitrogens with zero attached hydrogens (tertiary/aromatic N) is 3. The highest BCUT2D eigenvalue weighted by atomic mass is 127. The summed E-state index contributed by atoms with van der Waals surface area (Å²) >= 11 is 9.69. The highest BCUT2D eigenvalue weighted by Gasteiger charge is 2.48. The van der Waals surface area contributed by atoms with Crippen molar-refractivity contribution < 1.29 is 34.8 Å². The summed E-state index contributed by atoms with van der Waals surface area (Å²) in [6.07, 6.45) is 3.59. The first-order valence-corrected chi connectivity index (χ1v) is 25.4. The fraction of sp³-hybridized carbons (Fsp3) is 0.386. The Morgan fingerprint density at radius 3 is 2.23 bits per heavy atom. The van der Waals surface area contributed by atoms with E-state index in [0.29, 0.717) is 29.8 Å².